The minimum absolute atomic E-state index is 0.165. The lowest BCUT2D eigenvalue weighted by Gasteiger charge is -2.30. The van der Waals surface area contributed by atoms with Crippen molar-refractivity contribution in [3.63, 3.8) is 0 Å². The minimum Gasteiger partial charge on any atom is -0.481 e. The Balaban J connectivity index is 0.000000231. The van der Waals surface area contributed by atoms with Crippen LogP contribution in [0.3, 0.4) is 0 Å². The molecule has 0 heterocycles. The van der Waals surface area contributed by atoms with Crippen LogP contribution >= 0.6 is 0 Å². The van der Waals surface area contributed by atoms with Gasteiger partial charge < -0.3 is 15.2 Å². The molecule has 2 saturated carbocycles. The fourth-order valence-corrected chi connectivity index (χ4v) is 4.75. The maximum atomic E-state index is 11.4. The maximum absolute atomic E-state index is 11.4. The number of aryl methyl sites for hydroxylation is 1. The minimum atomic E-state index is -0.967. The highest BCUT2D eigenvalue weighted by molar-refractivity contribution is 5.78. The Morgan fingerprint density at radius 1 is 0.968 bits per heavy atom. The van der Waals surface area contributed by atoms with Gasteiger partial charge in [-0.25, -0.2) is 0 Å². The molecule has 5 nitrogen and oxygen atoms in total. The number of ether oxygens (including phenoxy) is 1. The number of hydrogen-bond acceptors (Lipinski definition) is 4. The summed E-state index contributed by atoms with van der Waals surface area (Å²) in [6, 6.07) is 11.7. The monoisotopic (exact) mass is 431 g/mol. The van der Waals surface area contributed by atoms with E-state index in [0.29, 0.717) is 6.42 Å². The lowest BCUT2D eigenvalue weighted by molar-refractivity contribution is -0.151. The van der Waals surface area contributed by atoms with Gasteiger partial charge in [0.2, 0.25) is 0 Å². The Hall–Kier alpha value is -1.88. The van der Waals surface area contributed by atoms with Gasteiger partial charge in [-0.1, -0.05) is 68.9 Å². The van der Waals surface area contributed by atoms with E-state index in [1.807, 2.05) is 30.3 Å². The standard InChI is InChI=1S/C14H18O4.C12H23N/c1-18-14(17)12(10-13(15)16)9-5-8-11-6-3-2-4-7-11;1-3-7-11(8-4-1)13-12-9-5-2-6-10-12/h2-4,6-7,12H,5,8-10H2,1H3,(H,15,16);11-13H,1-10H2/t12-;/m1./s1. The lowest BCUT2D eigenvalue weighted by Crippen LogP contribution is -2.40. The third kappa shape index (κ3) is 10.8. The first kappa shape index (κ1) is 25.4. The van der Waals surface area contributed by atoms with E-state index in [2.05, 4.69) is 10.1 Å². The van der Waals surface area contributed by atoms with E-state index in [9.17, 15) is 9.59 Å². The number of carbonyl (C=O) groups is 2. The number of carbonyl (C=O) groups excluding carboxylic acids is 1. The van der Waals surface area contributed by atoms with E-state index < -0.39 is 17.9 Å². The number of methoxy groups -OCH3 is 1. The predicted molar refractivity (Wildman–Crippen MR) is 124 cm³/mol. The number of hydrogen-bond donors (Lipinski definition) is 2. The van der Waals surface area contributed by atoms with E-state index in [0.717, 1.165) is 24.9 Å². The van der Waals surface area contributed by atoms with Crippen LogP contribution in [0.15, 0.2) is 30.3 Å². The van der Waals surface area contributed by atoms with Crippen LogP contribution in [0.5, 0.6) is 0 Å². The van der Waals surface area contributed by atoms with E-state index in [1.54, 1.807) is 0 Å². The zero-order valence-electron chi connectivity index (χ0n) is 19.2. The van der Waals surface area contributed by atoms with Crippen LogP contribution in [-0.2, 0) is 20.7 Å². The molecular weight excluding hydrogens is 390 g/mol. The molecule has 0 saturated heterocycles. The number of benzene rings is 1. The highest BCUT2D eigenvalue weighted by atomic mass is 16.5. The van der Waals surface area contributed by atoms with E-state index in [4.69, 9.17) is 5.11 Å². The van der Waals surface area contributed by atoms with E-state index in [1.165, 1.54) is 76.9 Å². The summed E-state index contributed by atoms with van der Waals surface area (Å²) in [7, 11) is 1.29. The third-order valence-corrected chi connectivity index (χ3v) is 6.50. The van der Waals surface area contributed by atoms with E-state index >= 15 is 0 Å². The first-order valence-corrected chi connectivity index (χ1v) is 12.2. The maximum Gasteiger partial charge on any atom is 0.309 e. The largest absolute Gasteiger partial charge is 0.481 e. The zero-order valence-corrected chi connectivity index (χ0v) is 19.2. The summed E-state index contributed by atoms with van der Waals surface area (Å²) in [5, 5.41) is 12.6. The summed E-state index contributed by atoms with van der Waals surface area (Å²) in [6.07, 6.45) is 16.6. The quantitative estimate of drug-likeness (QED) is 0.504. The molecular formula is C26H41NO4. The second-order valence-corrected chi connectivity index (χ2v) is 9.03. The van der Waals surface area contributed by atoms with Crippen LogP contribution < -0.4 is 5.32 Å². The molecule has 0 bridgehead atoms. The van der Waals surface area contributed by atoms with E-state index in [-0.39, 0.29) is 6.42 Å². The number of carboxylic acids is 1. The zero-order chi connectivity index (χ0) is 22.3. The van der Waals surface area contributed by atoms with Crippen LogP contribution in [0.4, 0.5) is 0 Å². The first-order chi connectivity index (χ1) is 15.1. The average Bonchev–Trinajstić information content (AvgIpc) is 2.80. The molecule has 2 N–H and O–H groups in total. The molecule has 0 aliphatic heterocycles. The van der Waals surface area contributed by atoms with Gasteiger partial charge in [0.1, 0.15) is 0 Å². The second-order valence-electron chi connectivity index (χ2n) is 9.03. The molecule has 1 atom stereocenters. The van der Waals surface area contributed by atoms with Crippen molar-refractivity contribution in [3.8, 4) is 0 Å². The van der Waals surface area contributed by atoms with Crippen molar-refractivity contribution >= 4 is 11.9 Å². The predicted octanol–water partition coefficient (Wildman–Crippen LogP) is 5.51. The SMILES string of the molecule is C1CCC(NC2CCCCC2)CC1.COC(=O)[C@H](CCCc1ccccc1)CC(=O)O. The second kappa shape index (κ2) is 15.0. The summed E-state index contributed by atoms with van der Waals surface area (Å²) in [6.45, 7) is 0. The first-order valence-electron chi connectivity index (χ1n) is 12.2. The smallest absolute Gasteiger partial charge is 0.309 e. The highest BCUT2D eigenvalue weighted by Gasteiger charge is 2.22. The van der Waals surface area contributed by atoms with Crippen molar-refractivity contribution in [1.82, 2.24) is 5.32 Å². The molecule has 2 aliphatic carbocycles. The molecule has 3 rings (SSSR count). The fraction of sp³-hybridized carbons (Fsp3) is 0.692. The lowest BCUT2D eigenvalue weighted by atomic mass is 9.91. The van der Waals surface area contributed by atoms with Gasteiger partial charge in [-0.15, -0.1) is 0 Å². The van der Waals surface area contributed by atoms with Gasteiger partial charge >= 0.3 is 11.9 Å². The molecule has 1 aromatic carbocycles. The van der Waals surface area contributed by atoms with Crippen LogP contribution in [0, 0.1) is 5.92 Å². The Morgan fingerprint density at radius 2 is 1.52 bits per heavy atom. The van der Waals surface area contributed by atoms with Crippen LogP contribution in [-0.4, -0.2) is 36.2 Å². The molecule has 0 spiro atoms. The third-order valence-electron chi connectivity index (χ3n) is 6.50. The van der Waals surface area contributed by atoms with Crippen LogP contribution in [0.2, 0.25) is 0 Å². The van der Waals surface area contributed by atoms with Gasteiger partial charge in [-0.2, -0.15) is 0 Å². The Morgan fingerprint density at radius 3 is 2.00 bits per heavy atom. The molecule has 0 amide bonds. The summed E-state index contributed by atoms with van der Waals surface area (Å²) < 4.78 is 4.61. The molecule has 0 radical (unpaired) electrons. The summed E-state index contributed by atoms with van der Waals surface area (Å²) in [5.74, 6) is -1.95. The summed E-state index contributed by atoms with van der Waals surface area (Å²) in [4.78, 5) is 22.1. The normalized spacial score (nSPS) is 18.5. The molecule has 1 aromatic rings. The fourth-order valence-electron chi connectivity index (χ4n) is 4.75. The van der Waals surface area contributed by atoms with Crippen molar-refractivity contribution in [1.29, 1.82) is 0 Å². The number of carboxylic acid groups (broad SMARTS) is 1. The van der Waals surface area contributed by atoms with Crippen molar-refractivity contribution in [3.05, 3.63) is 35.9 Å². The average molecular weight is 432 g/mol. The number of aliphatic carboxylic acids is 1. The van der Waals surface area contributed by atoms with Gasteiger partial charge in [-0.05, 0) is 50.5 Å². The van der Waals surface area contributed by atoms with Gasteiger partial charge in [0.05, 0.1) is 19.4 Å². The van der Waals surface area contributed by atoms with Crippen molar-refractivity contribution < 1.29 is 19.4 Å². The topological polar surface area (TPSA) is 75.6 Å². The van der Waals surface area contributed by atoms with Crippen LogP contribution in [0.25, 0.3) is 0 Å². The number of rotatable bonds is 9. The Labute approximate surface area is 188 Å². The highest BCUT2D eigenvalue weighted by Crippen LogP contribution is 2.22. The molecule has 174 valence electrons. The molecule has 0 unspecified atom stereocenters. The van der Waals surface area contributed by atoms with Crippen LogP contribution in [0.1, 0.15) is 89.0 Å². The Kier molecular flexibility index (Phi) is 12.3. The number of esters is 1. The molecule has 31 heavy (non-hydrogen) atoms. The van der Waals surface area contributed by atoms with Crippen molar-refractivity contribution in [2.75, 3.05) is 7.11 Å². The van der Waals surface area contributed by atoms with Gasteiger partial charge in [0.25, 0.3) is 0 Å². The molecule has 2 fully saturated rings. The van der Waals surface area contributed by atoms with Gasteiger partial charge in [-0.3, -0.25) is 9.59 Å². The van der Waals surface area contributed by atoms with Crippen molar-refractivity contribution in [2.45, 2.75) is 102 Å². The van der Waals surface area contributed by atoms with Gasteiger partial charge in [0.15, 0.2) is 0 Å². The number of nitrogens with one attached hydrogen (secondary N) is 1. The molecule has 5 heteroatoms. The molecule has 2 aliphatic rings. The summed E-state index contributed by atoms with van der Waals surface area (Å²) >= 11 is 0. The molecule has 0 aromatic heterocycles. The van der Waals surface area contributed by atoms with Crippen molar-refractivity contribution in [2.24, 2.45) is 5.92 Å². The van der Waals surface area contributed by atoms with Gasteiger partial charge in [0, 0.05) is 12.1 Å². The Bertz CT molecular complexity index is 606. The summed E-state index contributed by atoms with van der Waals surface area (Å²) in [5.41, 5.74) is 1.19.